The van der Waals surface area contributed by atoms with E-state index in [9.17, 15) is 0 Å². The molecule has 0 unspecified atom stereocenters. The van der Waals surface area contributed by atoms with Crippen LogP contribution in [-0.2, 0) is 0 Å². The molecule has 4 heterocycles. The predicted octanol–water partition coefficient (Wildman–Crippen LogP) is 14.2. The number of furan rings is 1. The minimum Gasteiger partial charge on any atom is -0.456 e. The van der Waals surface area contributed by atoms with Crippen LogP contribution in [-0.4, -0.2) is 19.9 Å². The summed E-state index contributed by atoms with van der Waals surface area (Å²) < 4.78 is 10.00. The SMILES string of the molecule is c1ccc(-c2nc(-c3ccc(-c4c5sc(-c6ccccc6)nc5cc5c4sc4ccccc45)c4ccccc34)nc(-c3cccc4oc5ccccc5c34)n2)cc1. The minimum absolute atomic E-state index is 0.596. The van der Waals surface area contributed by atoms with Crippen molar-refractivity contribution in [3.8, 4) is 55.9 Å². The Labute approximate surface area is 334 Å². The fraction of sp³-hybridized carbons (Fsp3) is 0. The third kappa shape index (κ3) is 5.13. The van der Waals surface area contributed by atoms with Gasteiger partial charge in [-0.25, -0.2) is 19.9 Å². The second kappa shape index (κ2) is 12.7. The average molecular weight is 765 g/mol. The van der Waals surface area contributed by atoms with E-state index in [0.717, 1.165) is 71.1 Å². The Balaban J connectivity index is 1.12. The summed E-state index contributed by atoms with van der Waals surface area (Å²) >= 11 is 3.61. The van der Waals surface area contributed by atoms with E-state index in [1.807, 2.05) is 72.0 Å². The zero-order valence-corrected chi connectivity index (χ0v) is 31.8. The molecular weight excluding hydrogens is 737 g/mol. The molecule has 0 aliphatic carbocycles. The van der Waals surface area contributed by atoms with Crippen LogP contribution in [0.15, 0.2) is 174 Å². The predicted molar refractivity (Wildman–Crippen MR) is 238 cm³/mol. The van der Waals surface area contributed by atoms with Crippen molar-refractivity contribution in [2.45, 2.75) is 0 Å². The molecule has 8 aromatic carbocycles. The number of para-hydroxylation sites is 1. The highest BCUT2D eigenvalue weighted by Crippen LogP contribution is 2.49. The first kappa shape index (κ1) is 32.2. The molecule has 0 saturated carbocycles. The van der Waals surface area contributed by atoms with Crippen molar-refractivity contribution in [2.24, 2.45) is 0 Å². The van der Waals surface area contributed by atoms with Gasteiger partial charge in [0.1, 0.15) is 16.2 Å². The number of rotatable bonds is 5. The molecule has 4 aromatic heterocycles. The summed E-state index contributed by atoms with van der Waals surface area (Å²) in [5, 5.41) is 7.71. The molecule has 0 aliphatic heterocycles. The van der Waals surface area contributed by atoms with Gasteiger partial charge in [0.25, 0.3) is 0 Å². The molecular formula is C50H28N4OS2. The zero-order valence-electron chi connectivity index (χ0n) is 30.2. The van der Waals surface area contributed by atoms with E-state index in [4.69, 9.17) is 24.4 Å². The van der Waals surface area contributed by atoms with Crippen LogP contribution < -0.4 is 0 Å². The van der Waals surface area contributed by atoms with E-state index in [0.29, 0.717) is 17.5 Å². The van der Waals surface area contributed by atoms with Gasteiger partial charge in [0.2, 0.25) is 0 Å². The van der Waals surface area contributed by atoms with Gasteiger partial charge >= 0.3 is 0 Å². The highest BCUT2D eigenvalue weighted by Gasteiger charge is 2.23. The van der Waals surface area contributed by atoms with Crippen LogP contribution in [0.25, 0.3) is 119 Å². The van der Waals surface area contributed by atoms with Crippen LogP contribution >= 0.6 is 22.7 Å². The first-order chi connectivity index (χ1) is 28.2. The molecule has 0 radical (unpaired) electrons. The zero-order chi connectivity index (χ0) is 37.5. The fourth-order valence-electron chi connectivity index (χ4n) is 8.20. The number of fused-ring (bicyclic) bond motifs is 8. The van der Waals surface area contributed by atoms with Gasteiger partial charge in [0, 0.05) is 58.8 Å². The molecule has 57 heavy (non-hydrogen) atoms. The number of benzene rings is 8. The number of hydrogen-bond donors (Lipinski definition) is 0. The molecule has 0 N–H and O–H groups in total. The smallest absolute Gasteiger partial charge is 0.164 e. The van der Waals surface area contributed by atoms with Gasteiger partial charge in [-0.15, -0.1) is 22.7 Å². The molecule has 0 atom stereocenters. The first-order valence-corrected chi connectivity index (χ1v) is 20.4. The molecule has 0 amide bonds. The van der Waals surface area contributed by atoms with E-state index in [1.54, 1.807) is 11.3 Å². The fourth-order valence-corrected chi connectivity index (χ4v) is 10.6. The quantitative estimate of drug-likeness (QED) is 0.175. The average Bonchev–Trinajstić information content (AvgIpc) is 3.99. The van der Waals surface area contributed by atoms with Gasteiger partial charge in [0.15, 0.2) is 17.5 Å². The van der Waals surface area contributed by atoms with Crippen LogP contribution in [0.5, 0.6) is 0 Å². The summed E-state index contributed by atoms with van der Waals surface area (Å²) in [5.74, 6) is 1.82. The van der Waals surface area contributed by atoms with Crippen molar-refractivity contribution in [2.75, 3.05) is 0 Å². The van der Waals surface area contributed by atoms with Crippen LogP contribution in [0.3, 0.4) is 0 Å². The lowest BCUT2D eigenvalue weighted by molar-refractivity contribution is 0.669. The maximum Gasteiger partial charge on any atom is 0.164 e. The summed E-state index contributed by atoms with van der Waals surface area (Å²) in [6.45, 7) is 0. The Bertz CT molecular complexity index is 3530. The van der Waals surface area contributed by atoms with Gasteiger partial charge in [-0.2, -0.15) is 0 Å². The van der Waals surface area contributed by atoms with E-state index < -0.39 is 0 Å². The maximum atomic E-state index is 6.29. The van der Waals surface area contributed by atoms with Crippen molar-refractivity contribution in [3.63, 3.8) is 0 Å². The van der Waals surface area contributed by atoms with E-state index in [-0.39, 0.29) is 0 Å². The van der Waals surface area contributed by atoms with Gasteiger partial charge < -0.3 is 4.42 Å². The van der Waals surface area contributed by atoms with Crippen molar-refractivity contribution >= 4 is 85.8 Å². The van der Waals surface area contributed by atoms with Crippen LogP contribution in [0.1, 0.15) is 0 Å². The third-order valence-electron chi connectivity index (χ3n) is 10.8. The molecule has 0 aliphatic rings. The molecule has 12 rings (SSSR count). The number of nitrogens with zero attached hydrogens (tertiary/aromatic N) is 4. The lowest BCUT2D eigenvalue weighted by atomic mass is 9.93. The molecule has 0 fully saturated rings. The number of thiophene rings is 1. The van der Waals surface area contributed by atoms with Crippen LogP contribution in [0, 0.1) is 0 Å². The van der Waals surface area contributed by atoms with E-state index >= 15 is 0 Å². The van der Waals surface area contributed by atoms with E-state index in [1.165, 1.54) is 30.4 Å². The highest BCUT2D eigenvalue weighted by atomic mass is 32.1. The molecule has 0 bridgehead atoms. The van der Waals surface area contributed by atoms with Crippen molar-refractivity contribution < 1.29 is 4.42 Å². The van der Waals surface area contributed by atoms with E-state index in [2.05, 4.69) is 109 Å². The lowest BCUT2D eigenvalue weighted by Gasteiger charge is -2.14. The molecule has 266 valence electrons. The molecule has 0 saturated heterocycles. The molecule has 12 aromatic rings. The second-order valence-corrected chi connectivity index (χ2v) is 16.2. The van der Waals surface area contributed by atoms with Gasteiger partial charge in [-0.05, 0) is 46.7 Å². The summed E-state index contributed by atoms with van der Waals surface area (Å²) in [7, 11) is 0. The Morgan fingerprint density at radius 3 is 1.81 bits per heavy atom. The Hall–Kier alpha value is -7.06. The summed E-state index contributed by atoms with van der Waals surface area (Å²) in [6.07, 6.45) is 0. The Kier molecular flexibility index (Phi) is 7.20. The van der Waals surface area contributed by atoms with Crippen molar-refractivity contribution in [3.05, 3.63) is 170 Å². The van der Waals surface area contributed by atoms with Crippen LogP contribution in [0.4, 0.5) is 0 Å². The van der Waals surface area contributed by atoms with Crippen molar-refractivity contribution in [1.29, 1.82) is 0 Å². The molecule has 0 spiro atoms. The Morgan fingerprint density at radius 2 is 1.00 bits per heavy atom. The number of aromatic nitrogens is 4. The van der Waals surface area contributed by atoms with Crippen LogP contribution in [0.2, 0.25) is 0 Å². The lowest BCUT2D eigenvalue weighted by Crippen LogP contribution is -2.01. The highest BCUT2D eigenvalue weighted by molar-refractivity contribution is 7.27. The molecule has 5 nitrogen and oxygen atoms in total. The summed E-state index contributed by atoms with van der Waals surface area (Å²) in [4.78, 5) is 20.9. The number of hydrogen-bond acceptors (Lipinski definition) is 7. The largest absolute Gasteiger partial charge is 0.456 e. The Morgan fingerprint density at radius 1 is 0.386 bits per heavy atom. The van der Waals surface area contributed by atoms with Gasteiger partial charge in [0.05, 0.1) is 10.2 Å². The molecule has 7 heteroatoms. The van der Waals surface area contributed by atoms with Crippen molar-refractivity contribution in [1.82, 2.24) is 19.9 Å². The standard InChI is InChI=1S/C50H28N4OS2/c1-3-14-29(15-4-1)47-52-48(54-49(53-47)37-22-13-24-41-43(37)36-21-9-11-23-40(36)55-41)35-27-26-34(31-18-7-8-19-32(31)35)44-45-38(33-20-10-12-25-42(33)56-45)28-39-46(44)57-50(51-39)30-16-5-2-6-17-30/h1-28H. The normalized spacial score (nSPS) is 11.9. The minimum atomic E-state index is 0.596. The van der Waals surface area contributed by atoms with Gasteiger partial charge in [-0.3, -0.25) is 0 Å². The second-order valence-electron chi connectivity index (χ2n) is 14.1. The maximum absolute atomic E-state index is 6.29. The third-order valence-corrected chi connectivity index (χ3v) is 13.1. The topological polar surface area (TPSA) is 64.7 Å². The first-order valence-electron chi connectivity index (χ1n) is 18.8. The van der Waals surface area contributed by atoms with Gasteiger partial charge in [-0.1, -0.05) is 140 Å². The summed E-state index contributed by atoms with van der Waals surface area (Å²) in [5.41, 5.74) is 8.89. The monoisotopic (exact) mass is 764 g/mol. The summed E-state index contributed by atoms with van der Waals surface area (Å²) in [6, 6.07) is 58.9. The number of thiazole rings is 1.